The highest BCUT2D eigenvalue weighted by molar-refractivity contribution is 7.47. The summed E-state index contributed by atoms with van der Waals surface area (Å²) in [6, 6.07) is 0. The smallest absolute Gasteiger partial charge is 0.462 e. The van der Waals surface area contributed by atoms with Gasteiger partial charge in [-0.1, -0.05) is 367 Å². The van der Waals surface area contributed by atoms with Gasteiger partial charge < -0.3 is 33.8 Å². The van der Waals surface area contributed by atoms with Crippen LogP contribution in [0.2, 0.25) is 0 Å². The Morgan fingerprint density at radius 3 is 0.723 bits per heavy atom. The van der Waals surface area contributed by atoms with E-state index in [-0.39, 0.29) is 25.7 Å². The maximum Gasteiger partial charge on any atom is 0.472 e. The summed E-state index contributed by atoms with van der Waals surface area (Å²) >= 11 is 0. The molecule has 0 aliphatic rings. The summed E-state index contributed by atoms with van der Waals surface area (Å²) in [5.74, 6) is -2.13. The summed E-state index contributed by atoms with van der Waals surface area (Å²) in [6.45, 7) is 4.96. The molecule has 101 heavy (non-hydrogen) atoms. The maximum absolute atomic E-state index is 13.1. The second-order valence-corrected chi connectivity index (χ2v) is 31.7. The summed E-state index contributed by atoms with van der Waals surface area (Å²) in [6.07, 6.45) is 71.5. The van der Waals surface area contributed by atoms with Crippen molar-refractivity contribution in [3.63, 3.8) is 0 Å². The molecule has 0 aromatic carbocycles. The molecule has 0 rings (SSSR count). The van der Waals surface area contributed by atoms with Crippen molar-refractivity contribution >= 4 is 39.5 Å². The van der Waals surface area contributed by atoms with Crippen LogP contribution in [0.3, 0.4) is 0 Å². The first-order chi connectivity index (χ1) is 49.2. The topological polar surface area (TPSA) is 237 Å². The number of aliphatic hydroxyl groups excluding tert-OH is 1. The molecule has 17 nitrogen and oxygen atoms in total. The molecule has 0 radical (unpaired) electrons. The van der Waals surface area contributed by atoms with Crippen molar-refractivity contribution in [2.24, 2.45) is 0 Å². The first-order valence-electron chi connectivity index (χ1n) is 42.1. The molecule has 0 aliphatic heterocycles. The number of hydrogen-bond acceptors (Lipinski definition) is 15. The fourth-order valence-electron chi connectivity index (χ4n) is 12.3. The lowest BCUT2D eigenvalue weighted by Crippen LogP contribution is -2.30. The van der Waals surface area contributed by atoms with Gasteiger partial charge in [0.25, 0.3) is 0 Å². The minimum Gasteiger partial charge on any atom is -0.462 e. The van der Waals surface area contributed by atoms with Gasteiger partial charge in [0.15, 0.2) is 12.2 Å². The van der Waals surface area contributed by atoms with E-state index in [2.05, 4.69) is 52.0 Å². The van der Waals surface area contributed by atoms with E-state index in [1.807, 2.05) is 0 Å². The van der Waals surface area contributed by atoms with Crippen molar-refractivity contribution in [2.75, 3.05) is 39.6 Å². The molecule has 5 atom stereocenters. The van der Waals surface area contributed by atoms with Crippen molar-refractivity contribution in [1.29, 1.82) is 0 Å². The summed E-state index contributed by atoms with van der Waals surface area (Å²) in [7, 11) is -9.93. The Kier molecular flexibility index (Phi) is 73.9. The minimum atomic E-state index is -4.97. The number of phosphoric acid groups is 2. The normalized spacial score (nSPS) is 13.9. The predicted octanol–water partition coefficient (Wildman–Crippen LogP) is 24.5. The van der Waals surface area contributed by atoms with Crippen LogP contribution in [0.1, 0.15) is 419 Å². The second-order valence-electron chi connectivity index (χ2n) is 28.8. The van der Waals surface area contributed by atoms with E-state index in [1.54, 1.807) is 0 Å². The van der Waals surface area contributed by atoms with E-state index in [0.717, 1.165) is 109 Å². The zero-order chi connectivity index (χ0) is 73.9. The lowest BCUT2D eigenvalue weighted by Gasteiger charge is -2.21. The summed E-state index contributed by atoms with van der Waals surface area (Å²) in [5.41, 5.74) is 0. The molecule has 596 valence electrons. The van der Waals surface area contributed by atoms with Crippen molar-refractivity contribution in [2.45, 2.75) is 438 Å². The first-order valence-corrected chi connectivity index (χ1v) is 45.1. The standard InChI is InChI=1S/C82H156O17P2/c1-5-9-13-17-21-25-29-33-35-36-37-38-39-40-42-45-49-53-57-61-65-69-82(87)99-78(73-93-80(85)67-63-59-55-51-47-44-41-34-30-26-22-18-14-10-6-2)75-97-101(90,91)95-71-76(83)70-94-100(88,89)96-74-77(72-92-79(84)66-62-58-54-50-46-32-28-24-20-16-12-8-4)98-81(86)68-64-60-56-52-48-43-31-27-23-19-15-11-7-3/h26,30,34,41,76-78,83H,5-25,27-29,31-33,35-40,42-75H2,1-4H3,(H,88,89)(H,90,91)/b30-26-,41-34-/t76-,77+,78+/m0/s1. The number of allylic oxidation sites excluding steroid dienone is 4. The number of unbranched alkanes of at least 4 members (excludes halogenated alkanes) is 52. The Morgan fingerprint density at radius 2 is 0.475 bits per heavy atom. The van der Waals surface area contributed by atoms with Crippen molar-refractivity contribution < 1.29 is 80.2 Å². The molecule has 0 bridgehead atoms. The van der Waals surface area contributed by atoms with Crippen LogP contribution in [0.5, 0.6) is 0 Å². The van der Waals surface area contributed by atoms with E-state index in [1.165, 1.54) is 231 Å². The Balaban J connectivity index is 5.26. The van der Waals surface area contributed by atoms with Crippen LogP contribution < -0.4 is 0 Å². The Morgan fingerprint density at radius 1 is 0.277 bits per heavy atom. The van der Waals surface area contributed by atoms with E-state index < -0.39 is 97.5 Å². The molecule has 0 heterocycles. The number of hydrogen-bond donors (Lipinski definition) is 3. The molecular formula is C82H156O17P2. The van der Waals surface area contributed by atoms with Crippen LogP contribution in [0.25, 0.3) is 0 Å². The summed E-state index contributed by atoms with van der Waals surface area (Å²) in [5, 5.41) is 10.6. The quantitative estimate of drug-likeness (QED) is 0.0169. The van der Waals surface area contributed by atoms with Crippen LogP contribution in [0, 0.1) is 0 Å². The lowest BCUT2D eigenvalue weighted by atomic mass is 10.0. The molecule has 0 fully saturated rings. The number of phosphoric ester groups is 2. The minimum absolute atomic E-state index is 0.103. The van der Waals surface area contributed by atoms with Gasteiger partial charge in [0.2, 0.25) is 0 Å². The van der Waals surface area contributed by atoms with Gasteiger partial charge in [0, 0.05) is 25.7 Å². The zero-order valence-electron chi connectivity index (χ0n) is 65.4. The van der Waals surface area contributed by atoms with Gasteiger partial charge in [-0.15, -0.1) is 0 Å². The van der Waals surface area contributed by atoms with Gasteiger partial charge in [-0.25, -0.2) is 9.13 Å². The van der Waals surface area contributed by atoms with Gasteiger partial charge in [-0.05, 0) is 51.4 Å². The SMILES string of the molecule is CCCCCC/C=C\C=C/CCCCCCCC(=O)OC[C@H](COP(=O)(O)OC[C@@H](O)COP(=O)(O)OC[C@@H](COC(=O)CCCCCCCCCCCCCC)OC(=O)CCCCCCCCCCCCCCC)OC(=O)CCCCCCCCCCCCCCCCCCCCCCC. The highest BCUT2D eigenvalue weighted by Crippen LogP contribution is 2.45. The van der Waals surface area contributed by atoms with Gasteiger partial charge in [0.1, 0.15) is 19.3 Å². The van der Waals surface area contributed by atoms with Gasteiger partial charge in [-0.3, -0.25) is 37.3 Å². The molecule has 0 aromatic heterocycles. The number of carbonyl (C=O) groups is 4. The van der Waals surface area contributed by atoms with Crippen LogP contribution in [-0.4, -0.2) is 96.7 Å². The van der Waals surface area contributed by atoms with Crippen LogP contribution >= 0.6 is 15.6 Å². The van der Waals surface area contributed by atoms with Gasteiger partial charge >= 0.3 is 39.5 Å². The predicted molar refractivity (Wildman–Crippen MR) is 414 cm³/mol. The number of rotatable bonds is 81. The molecule has 3 N–H and O–H groups in total. The fraction of sp³-hybridized carbons (Fsp3) is 0.902. The average molecular weight is 1480 g/mol. The molecule has 0 saturated heterocycles. The van der Waals surface area contributed by atoms with Gasteiger partial charge in [-0.2, -0.15) is 0 Å². The Labute approximate surface area is 618 Å². The first kappa shape index (κ1) is 98.5. The van der Waals surface area contributed by atoms with E-state index in [0.29, 0.717) is 25.7 Å². The Hall–Kier alpha value is -2.46. The molecule has 0 spiro atoms. The number of carbonyl (C=O) groups excluding carboxylic acids is 4. The third-order valence-electron chi connectivity index (χ3n) is 18.7. The van der Waals surface area contributed by atoms with Crippen molar-refractivity contribution in [3.05, 3.63) is 24.3 Å². The molecule has 0 saturated carbocycles. The second kappa shape index (κ2) is 75.8. The number of aliphatic hydroxyl groups is 1. The number of ether oxygens (including phenoxy) is 4. The summed E-state index contributed by atoms with van der Waals surface area (Å²) < 4.78 is 68.7. The fourth-order valence-corrected chi connectivity index (χ4v) is 13.9. The average Bonchev–Trinajstić information content (AvgIpc) is 1.46. The van der Waals surface area contributed by atoms with Crippen LogP contribution in [-0.2, 0) is 65.4 Å². The largest absolute Gasteiger partial charge is 0.472 e. The molecule has 2 unspecified atom stereocenters. The van der Waals surface area contributed by atoms with Gasteiger partial charge in [0.05, 0.1) is 26.4 Å². The van der Waals surface area contributed by atoms with Crippen LogP contribution in [0.4, 0.5) is 0 Å². The summed E-state index contributed by atoms with van der Waals surface area (Å²) in [4.78, 5) is 73.0. The van der Waals surface area contributed by atoms with E-state index in [9.17, 15) is 43.2 Å². The molecular weight excluding hydrogens is 1320 g/mol. The Bertz CT molecular complexity index is 2010. The third-order valence-corrected chi connectivity index (χ3v) is 20.6. The van der Waals surface area contributed by atoms with Crippen LogP contribution in [0.15, 0.2) is 24.3 Å². The molecule has 0 amide bonds. The van der Waals surface area contributed by atoms with Crippen molar-refractivity contribution in [3.8, 4) is 0 Å². The maximum atomic E-state index is 13.1. The molecule has 19 heteroatoms. The zero-order valence-corrected chi connectivity index (χ0v) is 67.2. The third kappa shape index (κ3) is 75.6. The highest BCUT2D eigenvalue weighted by atomic mass is 31.2. The monoisotopic (exact) mass is 1480 g/mol. The van der Waals surface area contributed by atoms with E-state index in [4.69, 9.17) is 37.0 Å². The van der Waals surface area contributed by atoms with Crippen molar-refractivity contribution in [1.82, 2.24) is 0 Å². The molecule has 0 aliphatic carbocycles. The highest BCUT2D eigenvalue weighted by Gasteiger charge is 2.30. The number of esters is 4. The molecule has 0 aromatic rings. The lowest BCUT2D eigenvalue weighted by molar-refractivity contribution is -0.161. The van der Waals surface area contributed by atoms with E-state index >= 15 is 0 Å².